The zero-order valence-corrected chi connectivity index (χ0v) is 7.32. The lowest BCUT2D eigenvalue weighted by molar-refractivity contribution is -0.123. The summed E-state index contributed by atoms with van der Waals surface area (Å²) >= 11 is 0. The Labute approximate surface area is 76.4 Å². The average Bonchev–Trinajstić information content (AvgIpc) is 2.08. The SMILES string of the molecule is CC(O)C(=O)Nc1ccccc1N. The summed E-state index contributed by atoms with van der Waals surface area (Å²) in [6.45, 7) is 1.40. The molecule has 4 N–H and O–H groups in total. The minimum absolute atomic E-state index is 0.460. The Morgan fingerprint density at radius 2 is 2.15 bits per heavy atom. The van der Waals surface area contributed by atoms with Crippen molar-refractivity contribution in [1.29, 1.82) is 0 Å². The molecule has 13 heavy (non-hydrogen) atoms. The molecule has 70 valence electrons. The second-order valence-corrected chi connectivity index (χ2v) is 2.75. The highest BCUT2D eigenvalue weighted by Crippen LogP contribution is 2.16. The molecule has 0 aliphatic rings. The maximum absolute atomic E-state index is 11.0. The van der Waals surface area contributed by atoms with Crippen LogP contribution in [0.1, 0.15) is 6.92 Å². The fourth-order valence-electron chi connectivity index (χ4n) is 0.848. The largest absolute Gasteiger partial charge is 0.397 e. The van der Waals surface area contributed by atoms with Crippen molar-refractivity contribution >= 4 is 17.3 Å². The monoisotopic (exact) mass is 180 g/mol. The number of aliphatic hydroxyl groups is 1. The van der Waals surface area contributed by atoms with E-state index in [1.807, 2.05) is 0 Å². The van der Waals surface area contributed by atoms with Gasteiger partial charge < -0.3 is 16.2 Å². The summed E-state index contributed by atoms with van der Waals surface area (Å²) < 4.78 is 0. The molecule has 1 aromatic rings. The van der Waals surface area contributed by atoms with Gasteiger partial charge in [-0.25, -0.2) is 0 Å². The van der Waals surface area contributed by atoms with Gasteiger partial charge in [-0.2, -0.15) is 0 Å². The summed E-state index contributed by atoms with van der Waals surface area (Å²) in [7, 11) is 0. The Morgan fingerprint density at radius 3 is 2.69 bits per heavy atom. The third-order valence-electron chi connectivity index (χ3n) is 1.60. The normalized spacial score (nSPS) is 12.2. The van der Waals surface area contributed by atoms with Crippen molar-refractivity contribution in [2.75, 3.05) is 11.1 Å². The van der Waals surface area contributed by atoms with E-state index in [0.717, 1.165) is 0 Å². The molecule has 0 aromatic heterocycles. The molecule has 1 rings (SSSR count). The van der Waals surface area contributed by atoms with Crippen molar-refractivity contribution in [3.8, 4) is 0 Å². The van der Waals surface area contributed by atoms with E-state index in [4.69, 9.17) is 10.8 Å². The number of para-hydroxylation sites is 2. The molecule has 0 aliphatic carbocycles. The minimum Gasteiger partial charge on any atom is -0.397 e. The van der Waals surface area contributed by atoms with Gasteiger partial charge >= 0.3 is 0 Å². The van der Waals surface area contributed by atoms with Crippen molar-refractivity contribution in [2.24, 2.45) is 0 Å². The van der Waals surface area contributed by atoms with Crippen LogP contribution >= 0.6 is 0 Å². The van der Waals surface area contributed by atoms with Crippen LogP contribution in [0.5, 0.6) is 0 Å². The number of aliphatic hydroxyl groups excluding tert-OH is 1. The molecule has 1 unspecified atom stereocenters. The Kier molecular flexibility index (Phi) is 2.87. The van der Waals surface area contributed by atoms with E-state index in [2.05, 4.69) is 5.32 Å². The zero-order valence-electron chi connectivity index (χ0n) is 7.32. The Morgan fingerprint density at radius 1 is 1.54 bits per heavy atom. The standard InChI is InChI=1S/C9H12N2O2/c1-6(12)9(13)11-8-5-3-2-4-7(8)10/h2-6,12H,10H2,1H3,(H,11,13). The molecule has 0 radical (unpaired) electrons. The van der Waals surface area contributed by atoms with Crippen LogP contribution in [0.25, 0.3) is 0 Å². The van der Waals surface area contributed by atoms with Gasteiger partial charge in [0, 0.05) is 0 Å². The fraction of sp³-hybridized carbons (Fsp3) is 0.222. The van der Waals surface area contributed by atoms with Crippen LogP contribution in [0.2, 0.25) is 0 Å². The van der Waals surface area contributed by atoms with Crippen LogP contribution in [0.15, 0.2) is 24.3 Å². The maximum Gasteiger partial charge on any atom is 0.252 e. The van der Waals surface area contributed by atoms with E-state index in [-0.39, 0.29) is 0 Å². The van der Waals surface area contributed by atoms with Crippen molar-refractivity contribution < 1.29 is 9.90 Å². The molecule has 0 bridgehead atoms. The first-order valence-electron chi connectivity index (χ1n) is 3.94. The quantitative estimate of drug-likeness (QED) is 0.583. The van der Waals surface area contributed by atoms with Gasteiger partial charge in [0.15, 0.2) is 0 Å². The number of nitrogen functional groups attached to an aromatic ring is 1. The first-order chi connectivity index (χ1) is 6.11. The third kappa shape index (κ3) is 2.45. The van der Waals surface area contributed by atoms with E-state index in [0.29, 0.717) is 11.4 Å². The third-order valence-corrected chi connectivity index (χ3v) is 1.60. The number of anilines is 2. The number of carbonyl (C=O) groups is 1. The van der Waals surface area contributed by atoms with E-state index in [9.17, 15) is 4.79 Å². The van der Waals surface area contributed by atoms with Gasteiger partial charge in [0.1, 0.15) is 6.10 Å². The van der Waals surface area contributed by atoms with Crippen LogP contribution in [-0.2, 0) is 4.79 Å². The molecule has 4 nitrogen and oxygen atoms in total. The summed E-state index contributed by atoms with van der Waals surface area (Å²) in [5.41, 5.74) is 6.58. The van der Waals surface area contributed by atoms with E-state index in [1.165, 1.54) is 6.92 Å². The minimum atomic E-state index is -1.03. The number of hydrogen-bond acceptors (Lipinski definition) is 3. The number of nitrogens with one attached hydrogen (secondary N) is 1. The van der Waals surface area contributed by atoms with Crippen LogP contribution in [-0.4, -0.2) is 17.1 Å². The van der Waals surface area contributed by atoms with Crippen LogP contribution in [0, 0.1) is 0 Å². The van der Waals surface area contributed by atoms with Crippen molar-refractivity contribution in [3.63, 3.8) is 0 Å². The van der Waals surface area contributed by atoms with Gasteiger partial charge in [0.05, 0.1) is 11.4 Å². The molecule has 0 heterocycles. The van der Waals surface area contributed by atoms with Gasteiger partial charge in [-0.3, -0.25) is 4.79 Å². The first-order valence-corrected chi connectivity index (χ1v) is 3.94. The summed E-state index contributed by atoms with van der Waals surface area (Å²) in [4.78, 5) is 11.0. The summed E-state index contributed by atoms with van der Waals surface area (Å²) in [6.07, 6.45) is -1.03. The molecule has 0 saturated carbocycles. The molecular formula is C9H12N2O2. The van der Waals surface area contributed by atoms with Crippen LogP contribution in [0.3, 0.4) is 0 Å². The lowest BCUT2D eigenvalue weighted by Gasteiger charge is -2.08. The molecular weight excluding hydrogens is 168 g/mol. The highest BCUT2D eigenvalue weighted by molar-refractivity contribution is 5.96. The zero-order chi connectivity index (χ0) is 9.84. The molecule has 1 amide bonds. The summed E-state index contributed by atoms with van der Waals surface area (Å²) in [6, 6.07) is 6.88. The molecule has 1 atom stereocenters. The lowest BCUT2D eigenvalue weighted by atomic mass is 10.2. The fourth-order valence-corrected chi connectivity index (χ4v) is 0.848. The number of amides is 1. The number of nitrogens with two attached hydrogens (primary N) is 1. The topological polar surface area (TPSA) is 75.3 Å². The summed E-state index contributed by atoms with van der Waals surface area (Å²) in [5.74, 6) is -0.460. The first kappa shape index (κ1) is 9.54. The second-order valence-electron chi connectivity index (χ2n) is 2.75. The Hall–Kier alpha value is -1.55. The molecule has 0 spiro atoms. The number of carbonyl (C=O) groups excluding carboxylic acids is 1. The lowest BCUT2D eigenvalue weighted by Crippen LogP contribution is -2.24. The molecule has 0 fully saturated rings. The number of benzene rings is 1. The molecule has 4 heteroatoms. The predicted octanol–water partition coefficient (Wildman–Crippen LogP) is 0.588. The van der Waals surface area contributed by atoms with Crippen LogP contribution < -0.4 is 11.1 Å². The smallest absolute Gasteiger partial charge is 0.252 e. The van der Waals surface area contributed by atoms with Gasteiger partial charge in [-0.15, -0.1) is 0 Å². The number of rotatable bonds is 2. The maximum atomic E-state index is 11.0. The molecule has 0 aliphatic heterocycles. The second kappa shape index (κ2) is 3.91. The van der Waals surface area contributed by atoms with Gasteiger partial charge in [0.25, 0.3) is 5.91 Å². The van der Waals surface area contributed by atoms with E-state index in [1.54, 1.807) is 24.3 Å². The Balaban J connectivity index is 2.75. The van der Waals surface area contributed by atoms with Crippen molar-refractivity contribution in [3.05, 3.63) is 24.3 Å². The molecule has 0 saturated heterocycles. The number of hydrogen-bond donors (Lipinski definition) is 3. The van der Waals surface area contributed by atoms with Crippen molar-refractivity contribution in [2.45, 2.75) is 13.0 Å². The van der Waals surface area contributed by atoms with Gasteiger partial charge in [-0.1, -0.05) is 12.1 Å². The van der Waals surface area contributed by atoms with E-state index < -0.39 is 12.0 Å². The highest BCUT2D eigenvalue weighted by atomic mass is 16.3. The van der Waals surface area contributed by atoms with Crippen LogP contribution in [0.4, 0.5) is 11.4 Å². The predicted molar refractivity (Wildman–Crippen MR) is 51.2 cm³/mol. The van der Waals surface area contributed by atoms with E-state index >= 15 is 0 Å². The van der Waals surface area contributed by atoms with Crippen molar-refractivity contribution in [1.82, 2.24) is 0 Å². The average molecular weight is 180 g/mol. The highest BCUT2D eigenvalue weighted by Gasteiger charge is 2.09. The molecule has 1 aromatic carbocycles. The summed E-state index contributed by atoms with van der Waals surface area (Å²) in [5, 5.41) is 11.4. The Bertz CT molecular complexity index is 310. The van der Waals surface area contributed by atoms with Gasteiger partial charge in [-0.05, 0) is 19.1 Å². The van der Waals surface area contributed by atoms with Gasteiger partial charge in [0.2, 0.25) is 0 Å².